The molecule has 2 N–H and O–H groups in total. The third kappa shape index (κ3) is 3.93. The zero-order valence-electron chi connectivity index (χ0n) is 14.3. The van der Waals surface area contributed by atoms with Crippen LogP contribution in [0.5, 0.6) is 0 Å². The van der Waals surface area contributed by atoms with E-state index < -0.39 is 10.0 Å². The minimum Gasteiger partial charge on any atom is -0.374 e. The van der Waals surface area contributed by atoms with Crippen LogP contribution in [0.25, 0.3) is 17.2 Å². The molecule has 0 radical (unpaired) electrons. The fourth-order valence-corrected chi connectivity index (χ4v) is 2.76. The van der Waals surface area contributed by atoms with Crippen LogP contribution in [-0.4, -0.2) is 39.8 Å². The molecule has 2 heterocycles. The molecule has 0 fully saturated rings. The maximum absolute atomic E-state index is 11.4. The highest BCUT2D eigenvalue weighted by atomic mass is 32.2. The maximum Gasteiger partial charge on any atom is 0.238 e. The summed E-state index contributed by atoms with van der Waals surface area (Å²) in [4.78, 5) is 13.1. The highest BCUT2D eigenvalue weighted by molar-refractivity contribution is 7.89. The first-order chi connectivity index (χ1) is 12.4. The normalized spacial score (nSPS) is 11.7. The summed E-state index contributed by atoms with van der Waals surface area (Å²) in [5.41, 5.74) is 1.94. The molecule has 0 saturated heterocycles. The lowest BCUT2D eigenvalue weighted by Gasteiger charge is -2.06. The number of nitrogens with zero attached hydrogens (tertiary/aromatic N) is 5. The first-order valence-electron chi connectivity index (χ1n) is 7.84. The Bertz CT molecular complexity index is 997. The molecule has 0 atom stereocenters. The zero-order valence-corrected chi connectivity index (χ0v) is 15.1. The number of hydrogen-bond donors (Lipinski definition) is 1. The number of aromatic nitrogens is 5. The summed E-state index contributed by atoms with van der Waals surface area (Å²) in [7, 11) is -3.76. The molecule has 3 rings (SSSR count). The number of aryl methyl sites for hydroxylation is 1. The molecule has 0 amide bonds. The molecule has 2 aromatic heterocycles. The SMILES string of the molecule is CCOCc1nc(-c2cnc(C)cn2)n(-c2ccc(S(N)(=O)=O)cc2)n1. The monoisotopic (exact) mass is 374 g/mol. The van der Waals surface area contributed by atoms with Gasteiger partial charge in [0.05, 0.1) is 22.5 Å². The van der Waals surface area contributed by atoms with E-state index in [1.807, 2.05) is 13.8 Å². The van der Waals surface area contributed by atoms with Crippen molar-refractivity contribution in [1.82, 2.24) is 24.7 Å². The molecule has 0 aliphatic heterocycles. The lowest BCUT2D eigenvalue weighted by Crippen LogP contribution is -2.12. The molecular weight excluding hydrogens is 356 g/mol. The van der Waals surface area contributed by atoms with E-state index in [1.54, 1.807) is 29.2 Å². The van der Waals surface area contributed by atoms with Crippen LogP contribution in [-0.2, 0) is 21.4 Å². The van der Waals surface area contributed by atoms with E-state index in [0.29, 0.717) is 29.6 Å². The van der Waals surface area contributed by atoms with Gasteiger partial charge < -0.3 is 4.74 Å². The fourth-order valence-electron chi connectivity index (χ4n) is 2.24. The Morgan fingerprint density at radius 3 is 2.46 bits per heavy atom. The van der Waals surface area contributed by atoms with Gasteiger partial charge in [0.1, 0.15) is 12.3 Å². The van der Waals surface area contributed by atoms with E-state index in [9.17, 15) is 8.42 Å². The smallest absolute Gasteiger partial charge is 0.238 e. The molecule has 136 valence electrons. The summed E-state index contributed by atoms with van der Waals surface area (Å²) < 4.78 is 29.8. The minimum atomic E-state index is -3.76. The lowest BCUT2D eigenvalue weighted by atomic mass is 10.3. The average Bonchev–Trinajstić information content (AvgIpc) is 3.04. The standard InChI is InChI=1S/C16H18N6O3S/c1-3-25-10-15-20-16(14-9-18-11(2)8-19-14)22(21-15)12-4-6-13(7-5-12)26(17,23)24/h4-9H,3,10H2,1-2H3,(H2,17,23,24). The Hall–Kier alpha value is -2.69. The molecule has 26 heavy (non-hydrogen) atoms. The fraction of sp³-hybridized carbons (Fsp3) is 0.250. The first-order valence-corrected chi connectivity index (χ1v) is 9.39. The zero-order chi connectivity index (χ0) is 18.7. The topological polar surface area (TPSA) is 126 Å². The summed E-state index contributed by atoms with van der Waals surface area (Å²) in [6.07, 6.45) is 3.25. The van der Waals surface area contributed by atoms with E-state index in [2.05, 4.69) is 20.1 Å². The van der Waals surface area contributed by atoms with Gasteiger partial charge in [0, 0.05) is 12.8 Å². The van der Waals surface area contributed by atoms with Crippen LogP contribution in [0, 0.1) is 6.92 Å². The van der Waals surface area contributed by atoms with Gasteiger partial charge >= 0.3 is 0 Å². The Balaban J connectivity index is 2.06. The van der Waals surface area contributed by atoms with Crippen molar-refractivity contribution in [3.8, 4) is 17.2 Å². The quantitative estimate of drug-likeness (QED) is 0.687. The van der Waals surface area contributed by atoms with Crippen LogP contribution in [0.3, 0.4) is 0 Å². The minimum absolute atomic E-state index is 0.0209. The molecular formula is C16H18N6O3S. The van der Waals surface area contributed by atoms with E-state index in [4.69, 9.17) is 9.88 Å². The molecule has 10 heteroatoms. The Morgan fingerprint density at radius 2 is 1.88 bits per heavy atom. The van der Waals surface area contributed by atoms with Gasteiger partial charge in [0.25, 0.3) is 0 Å². The highest BCUT2D eigenvalue weighted by Gasteiger charge is 2.16. The molecule has 0 saturated carbocycles. The van der Waals surface area contributed by atoms with E-state index in [0.717, 1.165) is 5.69 Å². The summed E-state index contributed by atoms with van der Waals surface area (Å²) >= 11 is 0. The van der Waals surface area contributed by atoms with Crippen LogP contribution in [0.1, 0.15) is 18.4 Å². The van der Waals surface area contributed by atoms with Crippen molar-refractivity contribution in [2.24, 2.45) is 5.14 Å². The van der Waals surface area contributed by atoms with Gasteiger partial charge in [-0.15, -0.1) is 5.10 Å². The van der Waals surface area contributed by atoms with Gasteiger partial charge in [0.15, 0.2) is 11.6 Å². The number of hydrogen-bond acceptors (Lipinski definition) is 7. The van der Waals surface area contributed by atoms with Gasteiger partial charge in [-0.2, -0.15) is 0 Å². The molecule has 0 bridgehead atoms. The second-order valence-corrected chi connectivity index (χ2v) is 7.04. The average molecular weight is 374 g/mol. The van der Waals surface area contributed by atoms with Crippen LogP contribution in [0.15, 0.2) is 41.6 Å². The molecule has 0 unspecified atom stereocenters. The predicted molar refractivity (Wildman–Crippen MR) is 93.8 cm³/mol. The van der Waals surface area contributed by atoms with Crippen LogP contribution < -0.4 is 5.14 Å². The number of nitrogens with two attached hydrogens (primary N) is 1. The Kier molecular flexibility index (Phi) is 5.07. The second kappa shape index (κ2) is 7.28. The molecule has 3 aromatic rings. The maximum atomic E-state index is 11.4. The predicted octanol–water partition coefficient (Wildman–Crippen LogP) is 1.22. The Morgan fingerprint density at radius 1 is 1.15 bits per heavy atom. The number of primary sulfonamides is 1. The lowest BCUT2D eigenvalue weighted by molar-refractivity contribution is 0.128. The molecule has 0 aliphatic carbocycles. The van der Waals surface area contributed by atoms with E-state index >= 15 is 0 Å². The van der Waals surface area contributed by atoms with Crippen molar-refractivity contribution in [3.63, 3.8) is 0 Å². The van der Waals surface area contributed by atoms with Gasteiger partial charge in [0.2, 0.25) is 10.0 Å². The van der Waals surface area contributed by atoms with Gasteiger partial charge in [-0.1, -0.05) is 0 Å². The Labute approximate surface area is 150 Å². The number of rotatable bonds is 6. The molecule has 1 aromatic carbocycles. The van der Waals surface area contributed by atoms with Gasteiger partial charge in [-0.25, -0.2) is 28.2 Å². The van der Waals surface area contributed by atoms with Crippen molar-refractivity contribution in [3.05, 3.63) is 48.2 Å². The van der Waals surface area contributed by atoms with Gasteiger partial charge in [-0.05, 0) is 38.1 Å². The summed E-state index contributed by atoms with van der Waals surface area (Å²) in [6, 6.07) is 6.03. The van der Waals surface area contributed by atoms with Crippen LogP contribution in [0.4, 0.5) is 0 Å². The summed E-state index contributed by atoms with van der Waals surface area (Å²) in [6.45, 7) is 4.52. The van der Waals surface area contributed by atoms with Crippen molar-refractivity contribution < 1.29 is 13.2 Å². The van der Waals surface area contributed by atoms with E-state index in [-0.39, 0.29) is 11.5 Å². The van der Waals surface area contributed by atoms with Crippen molar-refractivity contribution >= 4 is 10.0 Å². The van der Waals surface area contributed by atoms with Crippen molar-refractivity contribution in [1.29, 1.82) is 0 Å². The van der Waals surface area contributed by atoms with Gasteiger partial charge in [-0.3, -0.25) is 4.98 Å². The molecule has 9 nitrogen and oxygen atoms in total. The third-order valence-electron chi connectivity index (χ3n) is 3.51. The highest BCUT2D eigenvalue weighted by Crippen LogP contribution is 2.20. The summed E-state index contributed by atoms with van der Waals surface area (Å²) in [5, 5.41) is 9.58. The molecule has 0 aliphatic rings. The molecule has 0 spiro atoms. The summed E-state index contributed by atoms with van der Waals surface area (Å²) in [5.74, 6) is 0.968. The van der Waals surface area contributed by atoms with E-state index in [1.165, 1.54) is 12.1 Å². The second-order valence-electron chi connectivity index (χ2n) is 5.48. The van der Waals surface area contributed by atoms with Crippen LogP contribution in [0.2, 0.25) is 0 Å². The van der Waals surface area contributed by atoms with Crippen molar-refractivity contribution in [2.75, 3.05) is 6.61 Å². The first kappa shape index (κ1) is 18.1. The number of sulfonamides is 1. The number of ether oxygens (including phenoxy) is 1. The van der Waals surface area contributed by atoms with Crippen molar-refractivity contribution in [2.45, 2.75) is 25.3 Å². The van der Waals surface area contributed by atoms with Crippen LogP contribution >= 0.6 is 0 Å². The third-order valence-corrected chi connectivity index (χ3v) is 4.44. The number of benzene rings is 1. The largest absolute Gasteiger partial charge is 0.374 e.